The van der Waals surface area contributed by atoms with Gasteiger partial charge in [0.05, 0.1) is 21.8 Å². The molecule has 18 heteroatoms. The van der Waals surface area contributed by atoms with E-state index < -0.39 is 75.1 Å². The molecule has 2 aliphatic rings. The number of carbonyl (C=O) groups excluding carboxylic acids is 1. The Balaban J connectivity index is 0.000000838. The molecule has 2 N–H and O–H groups in total. The molecular weight excluding hydrogens is 697 g/mol. The Morgan fingerprint density at radius 1 is 0.939 bits per heavy atom. The second-order valence-electron chi connectivity index (χ2n) is 12.3. The Morgan fingerprint density at radius 3 is 1.94 bits per heavy atom. The van der Waals surface area contributed by atoms with Crippen molar-refractivity contribution in [2.75, 3.05) is 24.7 Å². The van der Waals surface area contributed by atoms with Crippen LogP contribution in [0.4, 0.5) is 45.2 Å². The maximum absolute atomic E-state index is 13.5. The number of anilines is 1. The third-order valence-electron chi connectivity index (χ3n) is 8.65. The number of alkyl halides is 9. The standard InChI is InChI=1S/C29H35F6N3O3S.C2HF3O2/c1-18(2)37(3)23-9-10-26(19(13-23)17-42(40,41)24-7-5-4-6-8-24)38-12-11-25(27(38)39)36-22-15-20(28(30,31)32)14-21(16-22)29(33,34)35;3-2(4,5)1(6)7/h4-8,14-16,18-19,23,25-26,36H,9-13,17H2,1-3H3;(H,6,7)/t19-,23+,25?,26-;/m0./s1. The van der Waals surface area contributed by atoms with E-state index in [-0.39, 0.29) is 41.8 Å². The van der Waals surface area contributed by atoms with Crippen LogP contribution in [0.25, 0.3) is 0 Å². The first-order chi connectivity index (χ1) is 22.4. The number of likely N-dealkylation sites (tertiary alicyclic amines) is 1. The summed E-state index contributed by atoms with van der Waals surface area (Å²) in [7, 11) is -1.72. The number of nitrogens with zero attached hydrogens (tertiary/aromatic N) is 2. The highest BCUT2D eigenvalue weighted by Gasteiger charge is 2.45. The van der Waals surface area contributed by atoms with Gasteiger partial charge in [0, 0.05) is 30.4 Å². The molecule has 1 unspecified atom stereocenters. The fourth-order valence-electron chi connectivity index (χ4n) is 6.01. The number of carboxylic acid groups (broad SMARTS) is 1. The molecule has 2 aromatic carbocycles. The van der Waals surface area contributed by atoms with Crippen LogP contribution in [0.5, 0.6) is 0 Å². The number of carboxylic acids is 1. The second-order valence-corrected chi connectivity index (χ2v) is 14.3. The van der Waals surface area contributed by atoms with Crippen LogP contribution in [0.2, 0.25) is 0 Å². The molecule has 0 spiro atoms. The Morgan fingerprint density at radius 2 is 1.47 bits per heavy atom. The fraction of sp³-hybridized carbons (Fsp3) is 0.548. The Kier molecular flexibility index (Phi) is 12.3. The zero-order chi connectivity index (χ0) is 37.1. The molecule has 4 atom stereocenters. The summed E-state index contributed by atoms with van der Waals surface area (Å²) in [5.41, 5.74) is -3.40. The lowest BCUT2D eigenvalue weighted by Gasteiger charge is -2.44. The van der Waals surface area contributed by atoms with Gasteiger partial charge >= 0.3 is 24.5 Å². The van der Waals surface area contributed by atoms with Gasteiger partial charge in [-0.1, -0.05) is 18.2 Å². The Bertz CT molecular complexity index is 1530. The minimum absolute atomic E-state index is 0.0400. The van der Waals surface area contributed by atoms with Crippen molar-refractivity contribution in [3.05, 3.63) is 59.7 Å². The molecule has 1 saturated heterocycles. The summed E-state index contributed by atoms with van der Waals surface area (Å²) in [6.07, 6.45) is -13.2. The van der Waals surface area contributed by atoms with Gasteiger partial charge in [0.1, 0.15) is 6.04 Å². The smallest absolute Gasteiger partial charge is 0.475 e. The lowest BCUT2D eigenvalue weighted by Crippen LogP contribution is -2.52. The molecule has 1 heterocycles. The highest BCUT2D eigenvalue weighted by Crippen LogP contribution is 2.39. The molecular formula is C31H36F9N3O5S. The van der Waals surface area contributed by atoms with Crippen molar-refractivity contribution in [2.24, 2.45) is 5.92 Å². The number of rotatable bonds is 8. The van der Waals surface area contributed by atoms with Crippen molar-refractivity contribution in [3.8, 4) is 0 Å². The summed E-state index contributed by atoms with van der Waals surface area (Å²) < 4.78 is 139. The summed E-state index contributed by atoms with van der Waals surface area (Å²) in [4.78, 5) is 26.4. The lowest BCUT2D eigenvalue weighted by molar-refractivity contribution is -0.192. The number of sulfone groups is 1. The predicted molar refractivity (Wildman–Crippen MR) is 160 cm³/mol. The quantitative estimate of drug-likeness (QED) is 0.290. The van der Waals surface area contributed by atoms with E-state index in [4.69, 9.17) is 9.90 Å². The van der Waals surface area contributed by atoms with Gasteiger partial charge in [-0.25, -0.2) is 13.2 Å². The molecule has 1 saturated carbocycles. The van der Waals surface area contributed by atoms with E-state index in [1.807, 2.05) is 20.9 Å². The fourth-order valence-corrected chi connectivity index (χ4v) is 7.70. The molecule has 1 aliphatic heterocycles. The van der Waals surface area contributed by atoms with Crippen LogP contribution >= 0.6 is 0 Å². The molecule has 1 amide bonds. The minimum Gasteiger partial charge on any atom is -0.475 e. The van der Waals surface area contributed by atoms with Gasteiger partial charge < -0.3 is 20.2 Å². The molecule has 274 valence electrons. The predicted octanol–water partition coefficient (Wildman–Crippen LogP) is 6.72. The average Bonchev–Trinajstić information content (AvgIpc) is 3.34. The summed E-state index contributed by atoms with van der Waals surface area (Å²) in [5.74, 6) is -3.83. The molecule has 1 aliphatic carbocycles. The van der Waals surface area contributed by atoms with Crippen molar-refractivity contribution in [1.82, 2.24) is 9.80 Å². The highest BCUT2D eigenvalue weighted by atomic mass is 32.2. The maximum Gasteiger partial charge on any atom is 0.490 e. The summed E-state index contributed by atoms with van der Waals surface area (Å²) in [5, 5.41) is 9.72. The third kappa shape index (κ3) is 10.5. The molecule has 8 nitrogen and oxygen atoms in total. The second kappa shape index (κ2) is 15.1. The number of amides is 1. The van der Waals surface area contributed by atoms with Crippen molar-refractivity contribution < 1.29 is 62.6 Å². The summed E-state index contributed by atoms with van der Waals surface area (Å²) >= 11 is 0. The average molecular weight is 734 g/mol. The first-order valence-corrected chi connectivity index (χ1v) is 16.7. The van der Waals surface area contributed by atoms with Crippen LogP contribution in [0.1, 0.15) is 50.7 Å². The van der Waals surface area contributed by atoms with Crippen molar-refractivity contribution in [2.45, 2.75) is 87.1 Å². The first kappa shape index (κ1) is 39.9. The number of benzene rings is 2. The summed E-state index contributed by atoms with van der Waals surface area (Å²) in [6, 6.07) is 8.03. The van der Waals surface area contributed by atoms with Crippen LogP contribution < -0.4 is 5.32 Å². The van der Waals surface area contributed by atoms with E-state index in [1.54, 1.807) is 23.1 Å². The Hall–Kier alpha value is -3.54. The topological polar surface area (TPSA) is 107 Å². The van der Waals surface area contributed by atoms with E-state index in [0.717, 1.165) is 0 Å². The number of carbonyl (C=O) groups is 2. The minimum atomic E-state index is -5.08. The van der Waals surface area contributed by atoms with Crippen LogP contribution in [-0.2, 0) is 31.8 Å². The number of nitrogens with one attached hydrogen (secondary N) is 1. The van der Waals surface area contributed by atoms with Crippen molar-refractivity contribution in [1.29, 1.82) is 0 Å². The SMILES string of the molecule is CC(C)N(C)[C@@H]1CC[C@H](N2CCC(Nc3cc(C(F)(F)F)cc(C(F)(F)F)c3)C2=O)[C@H](CS(=O)(=O)c2ccccc2)C1.O=C(O)C(F)(F)F. The third-order valence-corrected chi connectivity index (χ3v) is 10.5. The van der Waals surface area contributed by atoms with Gasteiger partial charge in [0.2, 0.25) is 5.91 Å². The molecule has 2 aromatic rings. The van der Waals surface area contributed by atoms with Crippen LogP contribution in [0.3, 0.4) is 0 Å². The molecule has 0 bridgehead atoms. The van der Waals surface area contributed by atoms with E-state index in [0.29, 0.717) is 31.4 Å². The zero-order valence-electron chi connectivity index (χ0n) is 26.5. The molecule has 0 radical (unpaired) electrons. The number of hydrogen-bond donors (Lipinski definition) is 2. The first-order valence-electron chi connectivity index (χ1n) is 15.1. The lowest BCUT2D eigenvalue weighted by atomic mass is 9.81. The van der Waals surface area contributed by atoms with Crippen LogP contribution in [-0.4, -0.2) is 84.9 Å². The van der Waals surface area contributed by atoms with Gasteiger partial charge in [0.25, 0.3) is 0 Å². The normalized spacial score (nSPS) is 22.2. The molecule has 4 rings (SSSR count). The maximum atomic E-state index is 13.5. The van der Waals surface area contributed by atoms with Crippen LogP contribution in [0, 0.1) is 5.92 Å². The summed E-state index contributed by atoms with van der Waals surface area (Å²) in [6.45, 7) is 4.29. The van der Waals surface area contributed by atoms with Crippen LogP contribution in [0.15, 0.2) is 53.4 Å². The zero-order valence-corrected chi connectivity index (χ0v) is 27.3. The Labute approximate surface area is 277 Å². The van der Waals surface area contributed by atoms with Crippen molar-refractivity contribution >= 4 is 27.4 Å². The van der Waals surface area contributed by atoms with Gasteiger partial charge in [0.15, 0.2) is 9.84 Å². The highest BCUT2D eigenvalue weighted by molar-refractivity contribution is 7.91. The molecule has 49 heavy (non-hydrogen) atoms. The van der Waals surface area contributed by atoms with Gasteiger partial charge in [-0.3, -0.25) is 4.79 Å². The van der Waals surface area contributed by atoms with Gasteiger partial charge in [-0.15, -0.1) is 0 Å². The number of hydrogen-bond acceptors (Lipinski definition) is 6. The molecule has 0 aromatic heterocycles. The largest absolute Gasteiger partial charge is 0.490 e. The monoisotopic (exact) mass is 733 g/mol. The van der Waals surface area contributed by atoms with Crippen molar-refractivity contribution in [3.63, 3.8) is 0 Å². The van der Waals surface area contributed by atoms with E-state index in [2.05, 4.69) is 10.2 Å². The van der Waals surface area contributed by atoms with E-state index in [9.17, 15) is 52.7 Å². The molecule has 2 fully saturated rings. The van der Waals surface area contributed by atoms with E-state index in [1.165, 1.54) is 12.1 Å². The van der Waals surface area contributed by atoms with Gasteiger partial charge in [-0.2, -0.15) is 39.5 Å². The van der Waals surface area contributed by atoms with E-state index >= 15 is 0 Å². The number of halogens is 9. The number of aliphatic carboxylic acids is 1. The van der Waals surface area contributed by atoms with Gasteiger partial charge in [-0.05, 0) is 82.8 Å².